The molecule has 1 fully saturated rings. The third kappa shape index (κ3) is 5.33. The normalized spacial score (nSPS) is 19.1. The zero-order chi connectivity index (χ0) is 20.0. The van der Waals surface area contributed by atoms with Gasteiger partial charge in [-0.3, -0.25) is 14.4 Å². The van der Waals surface area contributed by atoms with Gasteiger partial charge in [-0.15, -0.1) is 0 Å². The monoisotopic (exact) mass is 396 g/mol. The molecule has 0 saturated carbocycles. The Labute approximate surface area is 158 Å². The fraction of sp³-hybridized carbons (Fsp3) is 0.529. The molecule has 9 nitrogen and oxygen atoms in total. The summed E-state index contributed by atoms with van der Waals surface area (Å²) < 4.78 is 26.9. The number of nitrogens with one attached hydrogen (secondary N) is 1. The zero-order valence-electron chi connectivity index (χ0n) is 15.1. The average molecular weight is 396 g/mol. The molecule has 1 saturated heterocycles. The molecule has 1 aliphatic heterocycles. The summed E-state index contributed by atoms with van der Waals surface area (Å²) in [5, 5.41) is 2.62. The number of nitrogens with zero attached hydrogens (tertiary/aromatic N) is 2. The number of carbonyl (C=O) groups is 3. The van der Waals surface area contributed by atoms with Gasteiger partial charge >= 0.3 is 0 Å². The summed E-state index contributed by atoms with van der Waals surface area (Å²) in [6.07, 6.45) is 1.82. The van der Waals surface area contributed by atoms with Gasteiger partial charge in [-0.25, -0.2) is 9.29 Å². The van der Waals surface area contributed by atoms with Crippen LogP contribution >= 0.6 is 0 Å². The second-order valence-electron chi connectivity index (χ2n) is 6.64. The molecule has 0 aromatic carbocycles. The van der Waals surface area contributed by atoms with Gasteiger partial charge in [-0.05, 0) is 37.4 Å². The summed E-state index contributed by atoms with van der Waals surface area (Å²) in [5.41, 5.74) is 5.15. The Kier molecular flexibility index (Phi) is 7.03. The number of pyridine rings is 1. The van der Waals surface area contributed by atoms with Gasteiger partial charge in [0, 0.05) is 19.0 Å². The summed E-state index contributed by atoms with van der Waals surface area (Å²) in [6, 6.07) is 3.23. The maximum absolute atomic E-state index is 13.1. The Bertz CT molecular complexity index is 797. The molecule has 148 valence electrons. The molecule has 0 bridgehead atoms. The van der Waals surface area contributed by atoms with E-state index >= 15 is 0 Å². The Morgan fingerprint density at radius 1 is 1.37 bits per heavy atom. The predicted molar refractivity (Wildman–Crippen MR) is 96.8 cm³/mol. The van der Waals surface area contributed by atoms with E-state index in [1.165, 1.54) is 18.3 Å². The van der Waals surface area contributed by atoms with E-state index in [-0.39, 0.29) is 36.6 Å². The summed E-state index contributed by atoms with van der Waals surface area (Å²) in [4.78, 5) is 40.3. The molecule has 2 atom stereocenters. The molecule has 1 aromatic rings. The van der Waals surface area contributed by atoms with E-state index in [1.54, 1.807) is 13.0 Å². The van der Waals surface area contributed by atoms with Gasteiger partial charge in [0.25, 0.3) is 10.0 Å². The first kappa shape index (κ1) is 21.0. The minimum Gasteiger partial charge on any atom is -0.370 e. The lowest BCUT2D eigenvalue weighted by molar-refractivity contribution is -0.134. The Morgan fingerprint density at radius 2 is 2.11 bits per heavy atom. The molecule has 2 amide bonds. The summed E-state index contributed by atoms with van der Waals surface area (Å²) >= 11 is 0. The van der Waals surface area contributed by atoms with Gasteiger partial charge in [-0.2, -0.15) is 8.42 Å². The topological polar surface area (TPSA) is 140 Å². The van der Waals surface area contributed by atoms with Crippen molar-refractivity contribution in [2.45, 2.75) is 43.7 Å². The van der Waals surface area contributed by atoms with Crippen molar-refractivity contribution in [2.75, 3.05) is 13.1 Å². The zero-order valence-corrected chi connectivity index (χ0v) is 15.9. The van der Waals surface area contributed by atoms with E-state index in [0.717, 1.165) is 0 Å². The number of hydrogen-bond donors (Lipinski definition) is 2. The molecule has 1 aromatic heterocycles. The first-order valence-electron chi connectivity index (χ1n) is 8.73. The van der Waals surface area contributed by atoms with Crippen molar-refractivity contribution in [3.8, 4) is 0 Å². The number of Topliss-reactive ketones (excluding diaryl/α,β-unsaturated/α-hetero) is 1. The van der Waals surface area contributed by atoms with E-state index in [9.17, 15) is 22.8 Å². The second kappa shape index (κ2) is 9.05. The highest BCUT2D eigenvalue weighted by atomic mass is 32.2. The van der Waals surface area contributed by atoms with E-state index in [0.29, 0.717) is 17.3 Å². The SMILES string of the molecule is C[C@@H](CC(N)=O)CC(=O)N(C1CCCNCC1=O)S(=O)(=O)c1ccccn1. The number of rotatable bonds is 7. The van der Waals surface area contributed by atoms with E-state index < -0.39 is 33.8 Å². The van der Waals surface area contributed by atoms with Gasteiger partial charge in [0.2, 0.25) is 11.8 Å². The van der Waals surface area contributed by atoms with Crippen LogP contribution in [0.25, 0.3) is 0 Å². The Morgan fingerprint density at radius 3 is 2.74 bits per heavy atom. The van der Waals surface area contributed by atoms with Gasteiger partial charge < -0.3 is 11.1 Å². The van der Waals surface area contributed by atoms with Crippen LogP contribution in [0.4, 0.5) is 0 Å². The Balaban J connectivity index is 2.40. The molecular formula is C17H24N4O5S. The van der Waals surface area contributed by atoms with Crippen LogP contribution in [0.5, 0.6) is 0 Å². The maximum Gasteiger partial charge on any atom is 0.284 e. The van der Waals surface area contributed by atoms with Crippen molar-refractivity contribution < 1.29 is 22.8 Å². The molecule has 27 heavy (non-hydrogen) atoms. The van der Waals surface area contributed by atoms with Gasteiger partial charge in [-0.1, -0.05) is 13.0 Å². The molecule has 2 heterocycles. The van der Waals surface area contributed by atoms with Crippen molar-refractivity contribution in [1.82, 2.24) is 14.6 Å². The second-order valence-corrected chi connectivity index (χ2v) is 8.41. The largest absolute Gasteiger partial charge is 0.370 e. The molecule has 2 rings (SSSR count). The van der Waals surface area contributed by atoms with Crippen LogP contribution in [-0.2, 0) is 24.4 Å². The molecular weight excluding hydrogens is 372 g/mol. The van der Waals surface area contributed by atoms with Crippen molar-refractivity contribution in [1.29, 1.82) is 0 Å². The highest BCUT2D eigenvalue weighted by Crippen LogP contribution is 2.23. The third-order valence-corrected chi connectivity index (χ3v) is 6.01. The number of aromatic nitrogens is 1. The fourth-order valence-corrected chi connectivity index (χ4v) is 4.59. The van der Waals surface area contributed by atoms with Crippen LogP contribution in [0.3, 0.4) is 0 Å². The summed E-state index contributed by atoms with van der Waals surface area (Å²) in [7, 11) is -4.32. The van der Waals surface area contributed by atoms with Crippen molar-refractivity contribution in [2.24, 2.45) is 11.7 Å². The fourth-order valence-electron chi connectivity index (χ4n) is 3.04. The first-order valence-corrected chi connectivity index (χ1v) is 10.2. The molecule has 3 N–H and O–H groups in total. The van der Waals surface area contributed by atoms with Crippen LogP contribution in [-0.4, -0.2) is 54.4 Å². The standard InChI is InChI=1S/C17H24N4O5S/c1-12(9-15(18)23)10-17(24)21(13-5-4-7-19-11-14(13)22)27(25,26)16-6-2-3-8-20-16/h2-3,6,8,12-13,19H,4-5,7,9-11H2,1H3,(H2,18,23)/t12-,13?/m0/s1. The van der Waals surface area contributed by atoms with Gasteiger partial charge in [0.15, 0.2) is 10.8 Å². The highest BCUT2D eigenvalue weighted by molar-refractivity contribution is 7.89. The van der Waals surface area contributed by atoms with E-state index in [2.05, 4.69) is 10.3 Å². The lowest BCUT2D eigenvalue weighted by Crippen LogP contribution is -2.50. The van der Waals surface area contributed by atoms with Crippen LogP contribution < -0.4 is 11.1 Å². The number of hydrogen-bond acceptors (Lipinski definition) is 7. The molecule has 0 radical (unpaired) electrons. The van der Waals surface area contributed by atoms with Crippen LogP contribution in [0.2, 0.25) is 0 Å². The first-order chi connectivity index (χ1) is 12.7. The molecule has 10 heteroatoms. The highest BCUT2D eigenvalue weighted by Gasteiger charge is 2.40. The lowest BCUT2D eigenvalue weighted by atomic mass is 10.0. The lowest BCUT2D eigenvalue weighted by Gasteiger charge is -2.29. The Hall–Kier alpha value is -2.33. The number of ketones is 1. The molecule has 0 spiro atoms. The molecule has 1 aliphatic rings. The van der Waals surface area contributed by atoms with E-state index in [1.807, 2.05) is 0 Å². The number of primary amides is 1. The van der Waals surface area contributed by atoms with Crippen LogP contribution in [0.1, 0.15) is 32.6 Å². The van der Waals surface area contributed by atoms with Crippen LogP contribution in [0, 0.1) is 5.92 Å². The number of nitrogens with two attached hydrogens (primary N) is 1. The van der Waals surface area contributed by atoms with Gasteiger partial charge in [0.1, 0.15) is 6.04 Å². The summed E-state index contributed by atoms with van der Waals surface area (Å²) in [6.45, 7) is 2.18. The summed E-state index contributed by atoms with van der Waals surface area (Å²) in [5.74, 6) is -2.14. The van der Waals surface area contributed by atoms with Crippen molar-refractivity contribution in [3.63, 3.8) is 0 Å². The number of carbonyl (C=O) groups excluding carboxylic acids is 3. The third-order valence-electron chi connectivity index (χ3n) is 4.26. The quantitative estimate of drug-likeness (QED) is 0.651. The van der Waals surface area contributed by atoms with Crippen molar-refractivity contribution in [3.05, 3.63) is 24.4 Å². The minimum absolute atomic E-state index is 0.0109. The molecule has 0 aliphatic carbocycles. The van der Waals surface area contributed by atoms with Crippen LogP contribution in [0.15, 0.2) is 29.4 Å². The molecule has 1 unspecified atom stereocenters. The minimum atomic E-state index is -4.32. The smallest absolute Gasteiger partial charge is 0.284 e. The average Bonchev–Trinajstić information content (AvgIpc) is 2.80. The number of sulfonamides is 1. The van der Waals surface area contributed by atoms with Crippen molar-refractivity contribution >= 4 is 27.6 Å². The maximum atomic E-state index is 13.1. The van der Waals surface area contributed by atoms with E-state index in [4.69, 9.17) is 5.73 Å². The predicted octanol–water partition coefficient (Wildman–Crippen LogP) is -0.178. The number of amides is 2. The van der Waals surface area contributed by atoms with Gasteiger partial charge in [0.05, 0.1) is 6.54 Å².